The van der Waals surface area contributed by atoms with E-state index in [2.05, 4.69) is 46.4 Å². The lowest BCUT2D eigenvalue weighted by Gasteiger charge is -2.19. The lowest BCUT2D eigenvalue weighted by atomic mass is 9.94. The van der Waals surface area contributed by atoms with Crippen LogP contribution in [0.5, 0.6) is 0 Å². The number of rotatable bonds is 6. The van der Waals surface area contributed by atoms with Crippen molar-refractivity contribution < 1.29 is 8.42 Å². The Balaban J connectivity index is 2.06. The minimum atomic E-state index is -3.90. The van der Waals surface area contributed by atoms with Gasteiger partial charge in [-0.05, 0) is 49.6 Å². The maximum atomic E-state index is 12.9. The van der Waals surface area contributed by atoms with E-state index in [1.165, 1.54) is 16.7 Å². The molecule has 0 aliphatic carbocycles. The molecule has 162 valence electrons. The molecule has 6 nitrogen and oxygen atoms in total. The molecule has 0 spiro atoms. The van der Waals surface area contributed by atoms with Crippen molar-refractivity contribution in [1.82, 2.24) is 9.55 Å². The van der Waals surface area contributed by atoms with Crippen LogP contribution in [0.1, 0.15) is 37.8 Å². The van der Waals surface area contributed by atoms with Crippen LogP contribution in [0.2, 0.25) is 0 Å². The molecule has 1 aromatic rings. The van der Waals surface area contributed by atoms with Gasteiger partial charge in [-0.25, -0.2) is 13.2 Å². The van der Waals surface area contributed by atoms with Crippen molar-refractivity contribution in [3.05, 3.63) is 49.8 Å². The highest BCUT2D eigenvalue weighted by atomic mass is 79.9. The van der Waals surface area contributed by atoms with Gasteiger partial charge in [0.15, 0.2) is 5.82 Å². The predicted molar refractivity (Wildman–Crippen MR) is 128 cm³/mol. The summed E-state index contributed by atoms with van der Waals surface area (Å²) in [6.07, 6.45) is 0.987. The second-order valence-corrected chi connectivity index (χ2v) is 13.4. The zero-order valence-corrected chi connectivity index (χ0v) is 21.5. The molecule has 0 amide bonds. The van der Waals surface area contributed by atoms with E-state index in [9.17, 15) is 13.2 Å². The van der Waals surface area contributed by atoms with Gasteiger partial charge in [0.05, 0.1) is 9.10 Å². The molecule has 0 unspecified atom stereocenters. The quantitative estimate of drug-likeness (QED) is 0.430. The van der Waals surface area contributed by atoms with E-state index in [1.807, 2.05) is 13.8 Å². The Hall–Kier alpha value is -1.36. The highest BCUT2D eigenvalue weighted by Crippen LogP contribution is 2.39. The smallest absolute Gasteiger partial charge is 0.261 e. The number of hydrogen-bond acceptors (Lipinski definition) is 6. The van der Waals surface area contributed by atoms with Gasteiger partial charge >= 0.3 is 5.69 Å². The van der Waals surface area contributed by atoms with Gasteiger partial charge in [-0.2, -0.15) is 4.98 Å². The molecule has 3 rings (SSSR count). The van der Waals surface area contributed by atoms with Gasteiger partial charge < -0.3 is 0 Å². The number of fused-ring (bicyclic) bond motifs is 1. The van der Waals surface area contributed by atoms with Crippen molar-refractivity contribution >= 4 is 54.9 Å². The Morgan fingerprint density at radius 2 is 1.97 bits per heavy atom. The molecule has 30 heavy (non-hydrogen) atoms. The van der Waals surface area contributed by atoms with Gasteiger partial charge in [-0.3, -0.25) is 9.29 Å². The first-order valence-corrected chi connectivity index (χ1v) is 13.4. The highest BCUT2D eigenvalue weighted by molar-refractivity contribution is 9.10. The SMILES string of the molecule is Cc1sc(SCCC(C)(C)C)c2c(NS(=O)(=O)c3cccc(Br)c3)nc(=O)n-2c1C. The van der Waals surface area contributed by atoms with E-state index in [0.29, 0.717) is 10.2 Å². The molecule has 0 bridgehead atoms. The van der Waals surface area contributed by atoms with Gasteiger partial charge in [-0.15, -0.1) is 23.1 Å². The molecule has 2 heterocycles. The molecule has 2 aliphatic heterocycles. The average Bonchev–Trinajstić information content (AvgIpc) is 2.94. The second-order valence-electron chi connectivity index (χ2n) is 8.18. The first kappa shape index (κ1) is 23.3. The van der Waals surface area contributed by atoms with Crippen molar-refractivity contribution in [3.63, 3.8) is 0 Å². The van der Waals surface area contributed by atoms with Crippen LogP contribution in [0.3, 0.4) is 0 Å². The molecule has 0 saturated heterocycles. The molecule has 0 radical (unpaired) electrons. The molecular weight excluding hydrogens is 506 g/mol. The van der Waals surface area contributed by atoms with Crippen molar-refractivity contribution in [2.75, 3.05) is 10.5 Å². The number of thioether (sulfide) groups is 1. The van der Waals surface area contributed by atoms with Crippen molar-refractivity contribution in [2.24, 2.45) is 5.41 Å². The number of nitrogens with one attached hydrogen (secondary N) is 1. The third-order valence-corrected chi connectivity index (χ3v) is 8.83. The fourth-order valence-corrected chi connectivity index (χ4v) is 7.25. The van der Waals surface area contributed by atoms with Gasteiger partial charge in [-0.1, -0.05) is 42.8 Å². The fraction of sp³-hybridized carbons (Fsp3) is 0.400. The van der Waals surface area contributed by atoms with Crippen LogP contribution in [0.4, 0.5) is 5.82 Å². The lowest BCUT2D eigenvalue weighted by Crippen LogP contribution is -2.17. The third-order valence-electron chi connectivity index (χ3n) is 4.55. The number of anilines is 1. The predicted octanol–water partition coefficient (Wildman–Crippen LogP) is 5.44. The zero-order chi connectivity index (χ0) is 22.3. The van der Waals surface area contributed by atoms with E-state index < -0.39 is 15.7 Å². The number of benzene rings is 1. The summed E-state index contributed by atoms with van der Waals surface area (Å²) in [5.41, 5.74) is 0.983. The monoisotopic (exact) mass is 529 g/mol. The van der Waals surface area contributed by atoms with Crippen LogP contribution in [0.15, 0.2) is 42.6 Å². The summed E-state index contributed by atoms with van der Waals surface area (Å²) >= 11 is 6.48. The molecule has 2 aliphatic rings. The Kier molecular flexibility index (Phi) is 6.71. The Morgan fingerprint density at radius 1 is 1.27 bits per heavy atom. The van der Waals surface area contributed by atoms with E-state index in [0.717, 1.165) is 27.0 Å². The van der Waals surface area contributed by atoms with E-state index in [4.69, 9.17) is 0 Å². The first-order chi connectivity index (χ1) is 13.9. The fourth-order valence-electron chi connectivity index (χ4n) is 2.76. The van der Waals surface area contributed by atoms with Crippen molar-refractivity contribution in [2.45, 2.75) is 50.1 Å². The number of sulfonamides is 1. The van der Waals surface area contributed by atoms with Crippen LogP contribution in [0, 0.1) is 19.3 Å². The molecule has 1 N–H and O–H groups in total. The Labute approximate surface area is 193 Å². The number of hydrogen-bond donors (Lipinski definition) is 1. The highest BCUT2D eigenvalue weighted by Gasteiger charge is 2.27. The van der Waals surface area contributed by atoms with E-state index in [-0.39, 0.29) is 16.1 Å². The maximum Gasteiger partial charge on any atom is 0.354 e. The molecule has 0 fully saturated rings. The minimum absolute atomic E-state index is 0.0672. The lowest BCUT2D eigenvalue weighted by molar-refractivity contribution is 0.401. The number of nitrogens with zero attached hydrogens (tertiary/aromatic N) is 2. The van der Waals surface area contributed by atoms with Gasteiger partial charge in [0.1, 0.15) is 5.69 Å². The summed E-state index contributed by atoms with van der Waals surface area (Å²) in [6, 6.07) is 6.40. The van der Waals surface area contributed by atoms with Crippen molar-refractivity contribution in [1.29, 1.82) is 0 Å². The summed E-state index contributed by atoms with van der Waals surface area (Å²) in [4.78, 5) is 17.8. The summed E-state index contributed by atoms with van der Waals surface area (Å²) in [5.74, 6) is 0.924. The molecule has 0 atom stereocenters. The van der Waals surface area contributed by atoms with Crippen LogP contribution in [-0.4, -0.2) is 23.7 Å². The molecule has 1 aromatic carbocycles. The van der Waals surface area contributed by atoms with Crippen LogP contribution < -0.4 is 10.4 Å². The summed E-state index contributed by atoms with van der Waals surface area (Å²) < 4.78 is 31.4. The Bertz CT molecular complexity index is 1210. The minimum Gasteiger partial charge on any atom is -0.261 e. The number of aryl methyl sites for hydroxylation is 1. The Morgan fingerprint density at radius 3 is 2.60 bits per heavy atom. The van der Waals surface area contributed by atoms with Gasteiger partial charge in [0.25, 0.3) is 10.0 Å². The standard InChI is InChI=1S/C20H24BrN3O3S3/c1-12-13(2)29-18(28-10-9-20(3,4)5)16-17(22-19(25)24(12)16)23-30(26,27)15-8-6-7-14(21)11-15/h6-8,11H,9-10H2,1-5H3,(H,22,23,25). The molecular formula is C20H24BrN3O3S3. The number of imidazole rings is 1. The maximum absolute atomic E-state index is 12.9. The summed E-state index contributed by atoms with van der Waals surface area (Å²) in [6.45, 7) is 10.3. The molecule has 0 saturated carbocycles. The van der Waals surface area contributed by atoms with E-state index >= 15 is 0 Å². The van der Waals surface area contributed by atoms with Gasteiger partial charge in [0, 0.05) is 15.0 Å². The third kappa shape index (κ3) is 5.09. The van der Waals surface area contributed by atoms with Gasteiger partial charge in [0.2, 0.25) is 0 Å². The summed E-state index contributed by atoms with van der Waals surface area (Å²) in [7, 11) is -3.90. The largest absolute Gasteiger partial charge is 0.354 e. The number of halogens is 1. The van der Waals surface area contributed by atoms with Crippen LogP contribution in [-0.2, 0) is 10.0 Å². The first-order valence-electron chi connectivity index (χ1n) is 9.33. The van der Waals surface area contributed by atoms with Crippen molar-refractivity contribution in [3.8, 4) is 5.69 Å². The average molecular weight is 531 g/mol. The molecule has 0 aromatic heterocycles. The molecule has 10 heteroatoms. The van der Waals surface area contributed by atoms with Crippen LogP contribution in [0.25, 0.3) is 5.69 Å². The van der Waals surface area contributed by atoms with E-state index in [1.54, 1.807) is 35.2 Å². The normalized spacial score (nSPS) is 12.5. The van der Waals surface area contributed by atoms with Crippen LogP contribution >= 0.6 is 39.0 Å². The summed E-state index contributed by atoms with van der Waals surface area (Å²) in [5, 5.41) is 0. The zero-order valence-electron chi connectivity index (χ0n) is 17.4. The number of aromatic nitrogens is 2. The topological polar surface area (TPSA) is 81.1 Å². The second kappa shape index (κ2) is 8.64.